The van der Waals surface area contributed by atoms with E-state index >= 15 is 0 Å². The molecule has 2 aliphatic carbocycles. The predicted molar refractivity (Wildman–Crippen MR) is 61.4 cm³/mol. The highest BCUT2D eigenvalue weighted by atomic mass is 19.3. The number of fused-ring (bicyclic) bond motifs is 1. The maximum Gasteiger partial charge on any atom is 0.280 e. The number of halogens is 5. The van der Waals surface area contributed by atoms with Crippen LogP contribution in [0.1, 0.15) is 42.2 Å². The topological polar surface area (TPSA) is 42.4 Å². The van der Waals surface area contributed by atoms with Crippen LogP contribution in [-0.4, -0.2) is 28.3 Å². The first-order valence-corrected chi connectivity index (χ1v) is 6.45. The Morgan fingerprint density at radius 3 is 2.57 bits per heavy atom. The molecule has 1 saturated carbocycles. The average molecular weight is 309 g/mol. The second-order valence-electron chi connectivity index (χ2n) is 5.37. The summed E-state index contributed by atoms with van der Waals surface area (Å²) < 4.78 is 70.1. The second-order valence-corrected chi connectivity index (χ2v) is 5.37. The summed E-state index contributed by atoms with van der Waals surface area (Å²) >= 11 is 0. The number of hydrogen-bond acceptors (Lipinski definition) is 3. The molecule has 2 aliphatic rings. The van der Waals surface area contributed by atoms with Crippen LogP contribution in [0.4, 0.5) is 22.0 Å². The van der Waals surface area contributed by atoms with Crippen LogP contribution in [0.5, 0.6) is 5.75 Å². The van der Waals surface area contributed by atoms with Gasteiger partial charge in [-0.25, -0.2) is 22.0 Å². The Balaban J connectivity index is 1.90. The molecule has 1 heterocycles. The lowest BCUT2D eigenvalue weighted by Gasteiger charge is -2.35. The molecular weight excluding hydrogens is 297 g/mol. The molecule has 3 rings (SSSR count). The molecular formula is C13H12F5NO2. The Morgan fingerprint density at radius 1 is 1.33 bits per heavy atom. The maximum atomic E-state index is 13.6. The van der Waals surface area contributed by atoms with Gasteiger partial charge in [0.1, 0.15) is 29.8 Å². The summed E-state index contributed by atoms with van der Waals surface area (Å²) in [6, 6.07) is 0. The van der Waals surface area contributed by atoms with Crippen molar-refractivity contribution in [2.45, 2.75) is 50.0 Å². The summed E-state index contributed by atoms with van der Waals surface area (Å²) in [4.78, 5) is 3.49. The highest BCUT2D eigenvalue weighted by molar-refractivity contribution is 5.47. The van der Waals surface area contributed by atoms with Crippen molar-refractivity contribution in [3.05, 3.63) is 23.0 Å². The molecule has 0 radical (unpaired) electrons. The highest BCUT2D eigenvalue weighted by Crippen LogP contribution is 2.45. The molecule has 116 valence electrons. The normalized spacial score (nSPS) is 27.6. The summed E-state index contributed by atoms with van der Waals surface area (Å²) in [5, 5.41) is 9.67. The molecule has 8 heteroatoms. The third-order valence-electron chi connectivity index (χ3n) is 3.81. The molecule has 0 aromatic carbocycles. The zero-order chi connectivity index (χ0) is 15.4. The number of rotatable bonds is 3. The van der Waals surface area contributed by atoms with Crippen LogP contribution in [0.3, 0.4) is 0 Å². The lowest BCUT2D eigenvalue weighted by Crippen LogP contribution is -2.43. The molecule has 0 unspecified atom stereocenters. The second kappa shape index (κ2) is 4.79. The van der Waals surface area contributed by atoms with Crippen molar-refractivity contribution in [3.63, 3.8) is 0 Å². The Labute approximate surface area is 116 Å². The fourth-order valence-corrected chi connectivity index (χ4v) is 2.74. The molecule has 1 aromatic rings. The standard InChI is InChI=1S/C13H12F5NO2/c14-7-1-6-8(21-5-2-13(17,18)3-5)4-19-10(12(15)16)9(6)11(7)20/h4-5,7,11-12,20H,1-3H2/t7-,11+/m0/s1. The van der Waals surface area contributed by atoms with Crippen molar-refractivity contribution in [1.82, 2.24) is 4.98 Å². The SMILES string of the molecule is O[C@H]1c2c(C(F)F)ncc(OC3CC(F)(F)C3)c2C[C@@H]1F. The van der Waals surface area contributed by atoms with Crippen LogP contribution in [0.25, 0.3) is 0 Å². The minimum Gasteiger partial charge on any atom is -0.488 e. The van der Waals surface area contributed by atoms with Crippen molar-refractivity contribution in [1.29, 1.82) is 0 Å². The lowest BCUT2D eigenvalue weighted by molar-refractivity contribution is -0.134. The van der Waals surface area contributed by atoms with Crippen molar-refractivity contribution < 1.29 is 31.8 Å². The number of pyridine rings is 1. The highest BCUT2D eigenvalue weighted by Gasteiger charge is 2.48. The molecule has 2 atom stereocenters. The van der Waals surface area contributed by atoms with Gasteiger partial charge in [0.05, 0.1) is 6.20 Å². The number of aliphatic hydroxyl groups is 1. The van der Waals surface area contributed by atoms with E-state index in [4.69, 9.17) is 4.74 Å². The molecule has 0 amide bonds. The maximum absolute atomic E-state index is 13.6. The molecule has 3 nitrogen and oxygen atoms in total. The summed E-state index contributed by atoms with van der Waals surface area (Å²) in [5.41, 5.74) is -0.875. The van der Waals surface area contributed by atoms with Crippen LogP contribution in [0, 0.1) is 0 Å². The zero-order valence-electron chi connectivity index (χ0n) is 10.7. The first-order valence-electron chi connectivity index (χ1n) is 6.45. The fraction of sp³-hybridized carbons (Fsp3) is 0.615. The van der Waals surface area contributed by atoms with E-state index in [0.29, 0.717) is 0 Å². The molecule has 1 aromatic heterocycles. The van der Waals surface area contributed by atoms with Gasteiger partial charge in [0.25, 0.3) is 12.3 Å². The van der Waals surface area contributed by atoms with Crippen LogP contribution < -0.4 is 4.74 Å². The van der Waals surface area contributed by atoms with Crippen LogP contribution >= 0.6 is 0 Å². The number of hydrogen-bond donors (Lipinski definition) is 1. The van der Waals surface area contributed by atoms with Gasteiger partial charge in [-0.15, -0.1) is 0 Å². The lowest BCUT2D eigenvalue weighted by atomic mass is 9.91. The van der Waals surface area contributed by atoms with E-state index < -0.39 is 49.3 Å². The molecule has 0 bridgehead atoms. The summed E-state index contributed by atoms with van der Waals surface area (Å²) in [6.07, 6.45) is -7.38. The molecule has 21 heavy (non-hydrogen) atoms. The fourth-order valence-electron chi connectivity index (χ4n) is 2.74. The Bertz CT molecular complexity index is 558. The van der Waals surface area contributed by atoms with E-state index in [1.54, 1.807) is 0 Å². The summed E-state index contributed by atoms with van der Waals surface area (Å²) in [5.74, 6) is -2.79. The van der Waals surface area contributed by atoms with E-state index in [1.807, 2.05) is 0 Å². The summed E-state index contributed by atoms with van der Waals surface area (Å²) in [6.45, 7) is 0. The monoisotopic (exact) mass is 309 g/mol. The van der Waals surface area contributed by atoms with E-state index in [9.17, 15) is 27.1 Å². The van der Waals surface area contributed by atoms with Crippen LogP contribution in [0.15, 0.2) is 6.20 Å². The first-order chi connectivity index (χ1) is 9.78. The number of ether oxygens (including phenoxy) is 1. The van der Waals surface area contributed by atoms with Gasteiger partial charge in [-0.1, -0.05) is 0 Å². The van der Waals surface area contributed by atoms with Crippen molar-refractivity contribution in [2.75, 3.05) is 0 Å². The molecule has 0 saturated heterocycles. The summed E-state index contributed by atoms with van der Waals surface area (Å²) in [7, 11) is 0. The molecule has 1 N–H and O–H groups in total. The van der Waals surface area contributed by atoms with Gasteiger partial charge in [0.15, 0.2) is 0 Å². The number of aliphatic hydroxyl groups excluding tert-OH is 1. The minimum absolute atomic E-state index is 0.00546. The van der Waals surface area contributed by atoms with Gasteiger partial charge in [0.2, 0.25) is 0 Å². The van der Waals surface area contributed by atoms with E-state index in [0.717, 1.165) is 6.20 Å². The van der Waals surface area contributed by atoms with Gasteiger partial charge in [-0.05, 0) is 0 Å². The van der Waals surface area contributed by atoms with Crippen molar-refractivity contribution in [2.24, 2.45) is 0 Å². The quantitative estimate of drug-likeness (QED) is 0.872. The van der Waals surface area contributed by atoms with E-state index in [-0.39, 0.29) is 23.3 Å². The van der Waals surface area contributed by atoms with Crippen molar-refractivity contribution in [3.8, 4) is 5.75 Å². The zero-order valence-corrected chi connectivity index (χ0v) is 10.7. The number of aromatic nitrogens is 1. The Kier molecular flexibility index (Phi) is 3.31. The number of nitrogens with zero attached hydrogens (tertiary/aromatic N) is 1. The van der Waals surface area contributed by atoms with E-state index in [2.05, 4.69) is 4.98 Å². The third kappa shape index (κ3) is 2.45. The van der Waals surface area contributed by atoms with E-state index in [1.165, 1.54) is 0 Å². The van der Waals surface area contributed by atoms with Crippen LogP contribution in [-0.2, 0) is 6.42 Å². The van der Waals surface area contributed by atoms with Gasteiger partial charge < -0.3 is 9.84 Å². The largest absolute Gasteiger partial charge is 0.488 e. The smallest absolute Gasteiger partial charge is 0.280 e. The van der Waals surface area contributed by atoms with Crippen LogP contribution in [0.2, 0.25) is 0 Å². The van der Waals surface area contributed by atoms with Gasteiger partial charge in [-0.3, -0.25) is 4.98 Å². The number of alkyl halides is 5. The Hall–Kier alpha value is -1.44. The van der Waals surface area contributed by atoms with Gasteiger partial charge >= 0.3 is 0 Å². The third-order valence-corrected chi connectivity index (χ3v) is 3.81. The molecule has 0 aliphatic heterocycles. The first kappa shape index (κ1) is 14.5. The predicted octanol–water partition coefficient (Wildman–Crippen LogP) is 3.12. The minimum atomic E-state index is -2.96. The van der Waals surface area contributed by atoms with Gasteiger partial charge in [0, 0.05) is 30.4 Å². The Morgan fingerprint density at radius 2 is 2.00 bits per heavy atom. The van der Waals surface area contributed by atoms with Crippen molar-refractivity contribution >= 4 is 0 Å². The average Bonchev–Trinajstić information content (AvgIpc) is 2.64. The van der Waals surface area contributed by atoms with Gasteiger partial charge in [-0.2, -0.15) is 0 Å². The molecule has 1 fully saturated rings. The molecule has 0 spiro atoms.